The van der Waals surface area contributed by atoms with E-state index in [1.54, 1.807) is 0 Å². The number of aromatic nitrogens is 3. The standard InChI is InChI=1S/C50H31N3/c1-3-12-32(13-4-1)36-18-9-19-37(30-36)45-31-44(51-50(52-45)35-14-5-2-6-15-35)33-24-26-38(27-25-33)53-46-23-8-7-20-39(46)42-29-28-41-40-21-10-16-34-17-11-22-43(47(34)40)48(41)49(42)53/h1-31H. The van der Waals surface area contributed by atoms with Crippen LogP contribution >= 0.6 is 0 Å². The highest BCUT2D eigenvalue weighted by Gasteiger charge is 2.26. The summed E-state index contributed by atoms with van der Waals surface area (Å²) in [5.74, 6) is 0.707. The molecule has 3 nitrogen and oxygen atoms in total. The van der Waals surface area contributed by atoms with Crippen LogP contribution in [0, 0.1) is 0 Å². The van der Waals surface area contributed by atoms with E-state index in [0.717, 1.165) is 39.3 Å². The first-order valence-electron chi connectivity index (χ1n) is 18.1. The summed E-state index contributed by atoms with van der Waals surface area (Å²) in [5, 5.41) is 5.14. The third-order valence-electron chi connectivity index (χ3n) is 10.7. The third kappa shape index (κ3) is 4.68. The fourth-order valence-electron chi connectivity index (χ4n) is 8.33. The molecule has 0 saturated heterocycles. The Kier molecular flexibility index (Phi) is 6.55. The van der Waals surface area contributed by atoms with Crippen LogP contribution in [0.15, 0.2) is 188 Å². The van der Waals surface area contributed by atoms with Gasteiger partial charge >= 0.3 is 0 Å². The van der Waals surface area contributed by atoms with Crippen molar-refractivity contribution in [2.45, 2.75) is 0 Å². The predicted molar refractivity (Wildman–Crippen MR) is 220 cm³/mol. The van der Waals surface area contributed by atoms with Gasteiger partial charge in [-0.05, 0) is 68.9 Å². The van der Waals surface area contributed by atoms with Gasteiger partial charge in [-0.3, -0.25) is 0 Å². The summed E-state index contributed by atoms with van der Waals surface area (Å²) >= 11 is 0. The zero-order chi connectivity index (χ0) is 34.9. The van der Waals surface area contributed by atoms with Crippen LogP contribution in [0.25, 0.3) is 106 Å². The number of para-hydroxylation sites is 1. The van der Waals surface area contributed by atoms with Crippen molar-refractivity contribution in [1.29, 1.82) is 0 Å². The molecule has 3 heteroatoms. The maximum absolute atomic E-state index is 5.15. The van der Waals surface area contributed by atoms with Crippen LogP contribution in [0.3, 0.4) is 0 Å². The van der Waals surface area contributed by atoms with Crippen LogP contribution in [-0.4, -0.2) is 14.5 Å². The van der Waals surface area contributed by atoms with Crippen LogP contribution < -0.4 is 0 Å². The quantitative estimate of drug-likeness (QED) is 0.182. The van der Waals surface area contributed by atoms with Gasteiger partial charge in [0.25, 0.3) is 0 Å². The lowest BCUT2D eigenvalue weighted by Crippen LogP contribution is -1.98. The monoisotopic (exact) mass is 673 g/mol. The molecule has 0 spiro atoms. The first kappa shape index (κ1) is 29.6. The molecule has 0 aliphatic heterocycles. The minimum absolute atomic E-state index is 0.707. The molecular formula is C50H31N3. The summed E-state index contributed by atoms with van der Waals surface area (Å²) in [7, 11) is 0. The largest absolute Gasteiger partial charge is 0.309 e. The topological polar surface area (TPSA) is 30.7 Å². The van der Waals surface area contributed by atoms with Gasteiger partial charge in [-0.2, -0.15) is 0 Å². The fourth-order valence-corrected chi connectivity index (χ4v) is 8.33. The highest BCUT2D eigenvalue weighted by atomic mass is 15.0. The van der Waals surface area contributed by atoms with Crippen molar-refractivity contribution in [1.82, 2.24) is 14.5 Å². The molecule has 10 aromatic rings. The Morgan fingerprint density at radius 2 is 1.02 bits per heavy atom. The van der Waals surface area contributed by atoms with Gasteiger partial charge in [0.1, 0.15) is 0 Å². The number of benzene rings is 8. The molecule has 2 aromatic heterocycles. The van der Waals surface area contributed by atoms with Gasteiger partial charge in [0.2, 0.25) is 0 Å². The van der Waals surface area contributed by atoms with Crippen LogP contribution in [-0.2, 0) is 0 Å². The molecule has 1 aliphatic rings. The fraction of sp³-hybridized carbons (Fsp3) is 0. The van der Waals surface area contributed by atoms with Gasteiger partial charge in [0, 0.05) is 38.7 Å². The maximum Gasteiger partial charge on any atom is 0.160 e. The van der Waals surface area contributed by atoms with E-state index < -0.39 is 0 Å². The molecule has 1 aliphatic carbocycles. The molecule has 0 unspecified atom stereocenters. The van der Waals surface area contributed by atoms with Crippen molar-refractivity contribution in [2.75, 3.05) is 0 Å². The molecule has 8 aromatic carbocycles. The minimum Gasteiger partial charge on any atom is -0.309 e. The Hall–Kier alpha value is -7.10. The van der Waals surface area contributed by atoms with E-state index in [2.05, 4.69) is 174 Å². The van der Waals surface area contributed by atoms with Crippen LogP contribution in [0.5, 0.6) is 0 Å². The molecule has 0 amide bonds. The second kappa shape index (κ2) is 11.7. The molecule has 246 valence electrons. The van der Waals surface area contributed by atoms with Gasteiger partial charge in [-0.15, -0.1) is 0 Å². The second-order valence-electron chi connectivity index (χ2n) is 13.8. The number of hydrogen-bond donors (Lipinski definition) is 0. The SMILES string of the molecule is c1ccc(-c2cccc(-c3cc(-c4ccc(-n5c6ccccc6c6ccc7c(c65)-c5cccc6cccc-7c56)cc4)nc(-c4ccccc4)n3)c2)cc1. The zero-order valence-electron chi connectivity index (χ0n) is 28.7. The van der Waals surface area contributed by atoms with Crippen molar-refractivity contribution < 1.29 is 0 Å². The lowest BCUT2D eigenvalue weighted by atomic mass is 10.00. The molecule has 53 heavy (non-hydrogen) atoms. The number of rotatable bonds is 5. The van der Waals surface area contributed by atoms with Gasteiger partial charge in [-0.25, -0.2) is 9.97 Å². The summed E-state index contributed by atoms with van der Waals surface area (Å²) in [6, 6.07) is 67.1. The maximum atomic E-state index is 5.15. The molecule has 0 atom stereocenters. The lowest BCUT2D eigenvalue weighted by molar-refractivity contribution is 1.17. The molecule has 0 fully saturated rings. The second-order valence-corrected chi connectivity index (χ2v) is 13.8. The van der Waals surface area contributed by atoms with E-state index in [4.69, 9.17) is 9.97 Å². The summed E-state index contributed by atoms with van der Waals surface area (Å²) in [4.78, 5) is 10.3. The van der Waals surface area contributed by atoms with Gasteiger partial charge < -0.3 is 4.57 Å². The Morgan fingerprint density at radius 3 is 1.81 bits per heavy atom. The normalized spacial score (nSPS) is 11.8. The predicted octanol–water partition coefficient (Wildman–Crippen LogP) is 13.0. The summed E-state index contributed by atoms with van der Waals surface area (Å²) in [6.45, 7) is 0. The molecule has 0 radical (unpaired) electrons. The van der Waals surface area contributed by atoms with E-state index in [9.17, 15) is 0 Å². The highest BCUT2D eigenvalue weighted by Crippen LogP contribution is 2.52. The molecule has 0 N–H and O–H groups in total. The number of nitrogens with zero attached hydrogens (tertiary/aromatic N) is 3. The molecule has 0 saturated carbocycles. The Balaban J connectivity index is 1.08. The zero-order valence-corrected chi connectivity index (χ0v) is 28.7. The van der Waals surface area contributed by atoms with Gasteiger partial charge in [0.15, 0.2) is 5.82 Å². The number of fused-ring (bicyclic) bond motifs is 7. The van der Waals surface area contributed by atoms with Crippen LogP contribution in [0.1, 0.15) is 0 Å². The van der Waals surface area contributed by atoms with E-state index in [1.165, 1.54) is 60.4 Å². The third-order valence-corrected chi connectivity index (χ3v) is 10.7. The smallest absolute Gasteiger partial charge is 0.160 e. The van der Waals surface area contributed by atoms with Crippen molar-refractivity contribution in [2.24, 2.45) is 0 Å². The first-order chi connectivity index (χ1) is 26.3. The van der Waals surface area contributed by atoms with Crippen molar-refractivity contribution in [3.05, 3.63) is 188 Å². The average Bonchev–Trinajstić information content (AvgIpc) is 3.75. The summed E-state index contributed by atoms with van der Waals surface area (Å²) < 4.78 is 2.45. The van der Waals surface area contributed by atoms with E-state index >= 15 is 0 Å². The average molecular weight is 674 g/mol. The highest BCUT2D eigenvalue weighted by molar-refractivity contribution is 6.24. The Morgan fingerprint density at radius 1 is 0.377 bits per heavy atom. The Bertz CT molecular complexity index is 3030. The van der Waals surface area contributed by atoms with Gasteiger partial charge in [0.05, 0.1) is 22.4 Å². The summed E-state index contributed by atoms with van der Waals surface area (Å²) in [5.41, 5.74) is 16.0. The molecular weight excluding hydrogens is 643 g/mol. The molecule has 11 rings (SSSR count). The first-order valence-corrected chi connectivity index (χ1v) is 18.1. The minimum atomic E-state index is 0.707. The van der Waals surface area contributed by atoms with E-state index in [0.29, 0.717) is 5.82 Å². The molecule has 0 bridgehead atoms. The summed E-state index contributed by atoms with van der Waals surface area (Å²) in [6.07, 6.45) is 0. The van der Waals surface area contributed by atoms with Gasteiger partial charge in [-0.1, -0.05) is 158 Å². The van der Waals surface area contributed by atoms with Crippen molar-refractivity contribution in [3.63, 3.8) is 0 Å². The van der Waals surface area contributed by atoms with Crippen LogP contribution in [0.4, 0.5) is 0 Å². The van der Waals surface area contributed by atoms with E-state index in [1.807, 2.05) is 18.2 Å². The van der Waals surface area contributed by atoms with Crippen LogP contribution in [0.2, 0.25) is 0 Å². The molecule has 2 heterocycles. The number of hydrogen-bond acceptors (Lipinski definition) is 2. The van der Waals surface area contributed by atoms with Crippen molar-refractivity contribution in [3.8, 4) is 73.0 Å². The lowest BCUT2D eigenvalue weighted by Gasteiger charge is -2.13. The van der Waals surface area contributed by atoms with E-state index in [-0.39, 0.29) is 0 Å². The van der Waals surface area contributed by atoms with Crippen molar-refractivity contribution >= 4 is 32.6 Å². The Labute approximate surface area is 307 Å².